The molecule has 2 nitrogen and oxygen atoms in total. The quantitative estimate of drug-likeness (QED) is 0.583. The Kier molecular flexibility index (Phi) is 6.86. The number of alkyl halides is 1. The molecule has 0 aliphatic carbocycles. The van der Waals surface area contributed by atoms with Crippen molar-refractivity contribution >= 4 is 0 Å². The van der Waals surface area contributed by atoms with E-state index >= 15 is 0 Å². The lowest BCUT2D eigenvalue weighted by Gasteiger charge is -2.13. The molecule has 1 atom stereocenters. The van der Waals surface area contributed by atoms with Crippen LogP contribution in [0.1, 0.15) is 19.8 Å². The zero-order valence-electron chi connectivity index (χ0n) is 6.44. The van der Waals surface area contributed by atoms with Crippen molar-refractivity contribution in [3.8, 4) is 0 Å². The molecule has 0 aromatic heterocycles. The highest BCUT2D eigenvalue weighted by Crippen LogP contribution is 1.94. The highest BCUT2D eigenvalue weighted by Gasteiger charge is 2.02. The summed E-state index contributed by atoms with van der Waals surface area (Å²) in [5.74, 6) is 0. The second-order valence-corrected chi connectivity index (χ2v) is 2.26. The Bertz CT molecular complexity index is 70.6. The van der Waals surface area contributed by atoms with E-state index < -0.39 is 0 Å². The molecule has 10 heavy (non-hydrogen) atoms. The molecule has 0 fully saturated rings. The fourth-order valence-electron chi connectivity index (χ4n) is 0.865. The molecule has 62 valence electrons. The van der Waals surface area contributed by atoms with E-state index in [0.717, 1.165) is 12.8 Å². The van der Waals surface area contributed by atoms with Gasteiger partial charge in [-0.15, -0.1) is 0 Å². The van der Waals surface area contributed by atoms with E-state index in [-0.39, 0.29) is 19.3 Å². The van der Waals surface area contributed by atoms with Crippen molar-refractivity contribution in [2.75, 3.05) is 19.8 Å². The molecule has 0 aromatic rings. The normalized spacial score (nSPS) is 13.5. The van der Waals surface area contributed by atoms with Gasteiger partial charge in [-0.05, 0) is 12.8 Å². The third-order valence-corrected chi connectivity index (χ3v) is 1.50. The molecule has 0 aliphatic heterocycles. The molecule has 0 radical (unpaired) electrons. The van der Waals surface area contributed by atoms with E-state index in [1.807, 2.05) is 6.92 Å². The summed E-state index contributed by atoms with van der Waals surface area (Å²) in [5, 5.41) is 11.5. The van der Waals surface area contributed by atoms with Crippen molar-refractivity contribution in [3.63, 3.8) is 0 Å². The topological polar surface area (TPSA) is 32.3 Å². The molecular formula is C7H16FNO. The molecule has 0 saturated heterocycles. The maximum Gasteiger partial charge on any atom is 0.102 e. The summed E-state index contributed by atoms with van der Waals surface area (Å²) in [6.07, 6.45) is 1.66. The van der Waals surface area contributed by atoms with Gasteiger partial charge in [0.05, 0.1) is 0 Å². The van der Waals surface area contributed by atoms with Crippen molar-refractivity contribution in [1.29, 1.82) is 0 Å². The van der Waals surface area contributed by atoms with Crippen LogP contribution in [0.5, 0.6) is 0 Å². The summed E-state index contributed by atoms with van der Waals surface area (Å²) in [5.41, 5.74) is 0. The van der Waals surface area contributed by atoms with E-state index in [9.17, 15) is 4.39 Å². The van der Waals surface area contributed by atoms with Crippen molar-refractivity contribution in [1.82, 2.24) is 5.32 Å². The number of aliphatic hydroxyl groups excluding tert-OH is 1. The number of hydrogen-bond donors (Lipinski definition) is 2. The molecule has 0 amide bonds. The van der Waals surface area contributed by atoms with Crippen molar-refractivity contribution in [3.05, 3.63) is 0 Å². The highest BCUT2D eigenvalue weighted by molar-refractivity contribution is 4.62. The maximum absolute atomic E-state index is 11.6. The van der Waals surface area contributed by atoms with Crippen LogP contribution in [0.25, 0.3) is 0 Å². The minimum absolute atomic E-state index is 0.178. The summed E-state index contributed by atoms with van der Waals surface area (Å²) < 4.78 is 11.6. The monoisotopic (exact) mass is 149 g/mol. The summed E-state index contributed by atoms with van der Waals surface area (Å²) in [6, 6.07) is 0.278. The van der Waals surface area contributed by atoms with Gasteiger partial charge in [0.2, 0.25) is 0 Å². The first-order valence-corrected chi connectivity index (χ1v) is 3.75. The number of hydrogen-bond acceptors (Lipinski definition) is 2. The Morgan fingerprint density at radius 1 is 1.60 bits per heavy atom. The van der Waals surface area contributed by atoms with E-state index in [4.69, 9.17) is 5.11 Å². The van der Waals surface area contributed by atoms with Crippen LogP contribution in [0, 0.1) is 0 Å². The fraction of sp³-hybridized carbons (Fsp3) is 1.00. The van der Waals surface area contributed by atoms with Crippen LogP contribution < -0.4 is 5.32 Å². The zero-order chi connectivity index (χ0) is 7.82. The van der Waals surface area contributed by atoms with E-state index in [1.54, 1.807) is 0 Å². The Morgan fingerprint density at radius 2 is 2.30 bits per heavy atom. The van der Waals surface area contributed by atoms with Crippen molar-refractivity contribution in [2.24, 2.45) is 0 Å². The second-order valence-electron chi connectivity index (χ2n) is 2.26. The molecule has 3 heteroatoms. The second kappa shape index (κ2) is 6.96. The molecule has 0 saturated carbocycles. The summed E-state index contributed by atoms with van der Waals surface area (Å²) >= 11 is 0. The van der Waals surface area contributed by atoms with Gasteiger partial charge in [0, 0.05) is 19.2 Å². The van der Waals surface area contributed by atoms with Gasteiger partial charge in [0.15, 0.2) is 0 Å². The molecule has 0 rings (SSSR count). The zero-order valence-corrected chi connectivity index (χ0v) is 6.44. The fourth-order valence-corrected chi connectivity index (χ4v) is 0.865. The van der Waals surface area contributed by atoms with E-state index in [0.29, 0.717) is 6.54 Å². The Labute approximate surface area is 61.4 Å². The molecular weight excluding hydrogens is 133 g/mol. The van der Waals surface area contributed by atoms with Gasteiger partial charge in [-0.1, -0.05) is 6.92 Å². The maximum atomic E-state index is 11.6. The van der Waals surface area contributed by atoms with Crippen molar-refractivity contribution in [2.45, 2.75) is 25.8 Å². The Balaban J connectivity index is 3.21. The lowest BCUT2D eigenvalue weighted by Crippen LogP contribution is -2.30. The number of nitrogens with one attached hydrogen (secondary N) is 1. The third-order valence-electron chi connectivity index (χ3n) is 1.50. The minimum Gasteiger partial charge on any atom is -0.396 e. The SMILES string of the molecule is CCC(CCO)NCCF. The Hall–Kier alpha value is -0.150. The summed E-state index contributed by atoms with van der Waals surface area (Å²) in [7, 11) is 0. The molecule has 0 aliphatic rings. The van der Waals surface area contributed by atoms with Crippen LogP contribution in [0.4, 0.5) is 4.39 Å². The lowest BCUT2D eigenvalue weighted by atomic mass is 10.1. The van der Waals surface area contributed by atoms with Crippen LogP contribution in [-0.2, 0) is 0 Å². The van der Waals surface area contributed by atoms with Gasteiger partial charge in [-0.25, -0.2) is 4.39 Å². The summed E-state index contributed by atoms with van der Waals surface area (Å²) in [6.45, 7) is 2.27. The third kappa shape index (κ3) is 4.70. The van der Waals surface area contributed by atoms with E-state index in [2.05, 4.69) is 5.32 Å². The standard InChI is InChI=1S/C7H16FNO/c1-2-7(3-6-10)9-5-4-8/h7,9-10H,2-6H2,1H3. The summed E-state index contributed by atoms with van der Waals surface area (Å²) in [4.78, 5) is 0. The first-order chi connectivity index (χ1) is 4.85. The predicted octanol–water partition coefficient (Wildman–Crippen LogP) is 0.707. The number of rotatable bonds is 6. The molecule has 0 heterocycles. The van der Waals surface area contributed by atoms with E-state index in [1.165, 1.54) is 0 Å². The van der Waals surface area contributed by atoms with Gasteiger partial charge in [0.1, 0.15) is 6.67 Å². The first kappa shape index (κ1) is 9.85. The van der Waals surface area contributed by atoms with Crippen LogP contribution in [-0.4, -0.2) is 31.0 Å². The highest BCUT2D eigenvalue weighted by atomic mass is 19.1. The molecule has 2 N–H and O–H groups in total. The van der Waals surface area contributed by atoms with Gasteiger partial charge in [-0.3, -0.25) is 0 Å². The Morgan fingerprint density at radius 3 is 2.70 bits per heavy atom. The molecule has 0 spiro atoms. The van der Waals surface area contributed by atoms with Gasteiger partial charge in [0.25, 0.3) is 0 Å². The van der Waals surface area contributed by atoms with Crippen LogP contribution in [0.3, 0.4) is 0 Å². The molecule has 1 unspecified atom stereocenters. The molecule has 0 bridgehead atoms. The largest absolute Gasteiger partial charge is 0.396 e. The number of halogens is 1. The van der Waals surface area contributed by atoms with Gasteiger partial charge < -0.3 is 10.4 Å². The first-order valence-electron chi connectivity index (χ1n) is 3.75. The average Bonchev–Trinajstić information content (AvgIpc) is 1.98. The lowest BCUT2D eigenvalue weighted by molar-refractivity contribution is 0.260. The minimum atomic E-state index is -0.331. The molecule has 0 aromatic carbocycles. The van der Waals surface area contributed by atoms with Crippen LogP contribution >= 0.6 is 0 Å². The van der Waals surface area contributed by atoms with Crippen molar-refractivity contribution < 1.29 is 9.50 Å². The predicted molar refractivity (Wildman–Crippen MR) is 39.8 cm³/mol. The van der Waals surface area contributed by atoms with Crippen LogP contribution in [0.2, 0.25) is 0 Å². The smallest absolute Gasteiger partial charge is 0.102 e. The van der Waals surface area contributed by atoms with Gasteiger partial charge >= 0.3 is 0 Å². The van der Waals surface area contributed by atoms with Crippen LogP contribution in [0.15, 0.2) is 0 Å². The average molecular weight is 149 g/mol. The van der Waals surface area contributed by atoms with Gasteiger partial charge in [-0.2, -0.15) is 0 Å². The number of aliphatic hydroxyl groups is 1.